The topological polar surface area (TPSA) is 81.2 Å². The van der Waals surface area contributed by atoms with Crippen molar-refractivity contribution in [3.05, 3.63) is 82.6 Å². The predicted octanol–water partition coefficient (Wildman–Crippen LogP) is 4.35. The molecular formula is C27H28N4O2S. The Hall–Kier alpha value is -3.16. The molecule has 2 heterocycles. The van der Waals surface area contributed by atoms with Crippen LogP contribution in [-0.4, -0.2) is 39.5 Å². The van der Waals surface area contributed by atoms with Gasteiger partial charge in [0, 0.05) is 25.7 Å². The average Bonchev–Trinajstić information content (AvgIpc) is 3.36. The van der Waals surface area contributed by atoms with Crippen LogP contribution in [0.1, 0.15) is 30.6 Å². The summed E-state index contributed by atoms with van der Waals surface area (Å²) >= 11 is 1.35. The molecule has 7 heteroatoms. The Bertz CT molecular complexity index is 1400. The summed E-state index contributed by atoms with van der Waals surface area (Å²) in [6.07, 6.45) is 1.89. The van der Waals surface area contributed by atoms with Crippen LogP contribution in [0, 0.1) is 0 Å². The first kappa shape index (κ1) is 22.6. The maximum Gasteiger partial charge on any atom is 0.262 e. The molecule has 34 heavy (non-hydrogen) atoms. The number of amides is 1. The summed E-state index contributed by atoms with van der Waals surface area (Å²) in [5.74, 6) is 0.0275. The van der Waals surface area contributed by atoms with Crippen LogP contribution in [0.2, 0.25) is 0 Å². The molecule has 0 saturated carbocycles. The quantitative estimate of drug-likeness (QED) is 0.256. The lowest BCUT2D eigenvalue weighted by molar-refractivity contribution is -0.131. The van der Waals surface area contributed by atoms with Gasteiger partial charge in [0.1, 0.15) is 5.25 Å². The van der Waals surface area contributed by atoms with Gasteiger partial charge in [-0.2, -0.15) is 0 Å². The van der Waals surface area contributed by atoms with Gasteiger partial charge in [-0.3, -0.25) is 14.2 Å². The van der Waals surface area contributed by atoms with Crippen molar-refractivity contribution in [1.82, 2.24) is 14.5 Å². The Kier molecular flexibility index (Phi) is 6.39. The van der Waals surface area contributed by atoms with E-state index in [-0.39, 0.29) is 17.5 Å². The van der Waals surface area contributed by atoms with Gasteiger partial charge in [-0.15, -0.1) is 0 Å². The van der Waals surface area contributed by atoms with Crippen LogP contribution in [0.25, 0.3) is 21.7 Å². The molecule has 5 rings (SSSR count). The van der Waals surface area contributed by atoms with E-state index in [1.807, 2.05) is 78.6 Å². The zero-order valence-corrected chi connectivity index (χ0v) is 20.0. The molecule has 1 aliphatic heterocycles. The molecule has 1 aromatic heterocycles. The third-order valence-electron chi connectivity index (χ3n) is 6.58. The van der Waals surface area contributed by atoms with Crippen LogP contribution in [-0.2, 0) is 11.3 Å². The highest BCUT2D eigenvalue weighted by atomic mass is 32.2. The third-order valence-corrected chi connectivity index (χ3v) is 7.82. The molecule has 0 spiro atoms. The maximum atomic E-state index is 13.8. The molecule has 0 radical (unpaired) electrons. The van der Waals surface area contributed by atoms with E-state index < -0.39 is 5.25 Å². The van der Waals surface area contributed by atoms with Crippen LogP contribution in [0.3, 0.4) is 0 Å². The Morgan fingerprint density at radius 2 is 1.82 bits per heavy atom. The molecule has 2 N–H and O–H groups in total. The fourth-order valence-electron chi connectivity index (χ4n) is 4.77. The molecule has 1 amide bonds. The molecule has 4 aromatic rings. The van der Waals surface area contributed by atoms with Crippen molar-refractivity contribution in [2.45, 2.75) is 42.8 Å². The normalized spacial score (nSPS) is 16.9. The van der Waals surface area contributed by atoms with Gasteiger partial charge in [0.15, 0.2) is 5.16 Å². The first-order valence-electron chi connectivity index (χ1n) is 11.8. The highest BCUT2D eigenvalue weighted by Gasteiger charge is 2.34. The summed E-state index contributed by atoms with van der Waals surface area (Å²) < 4.78 is 1.68. The number of rotatable bonds is 6. The number of aromatic nitrogens is 2. The average molecular weight is 473 g/mol. The van der Waals surface area contributed by atoms with Gasteiger partial charge < -0.3 is 10.6 Å². The number of nitrogens with zero attached hydrogens (tertiary/aromatic N) is 3. The summed E-state index contributed by atoms with van der Waals surface area (Å²) in [7, 11) is 0. The highest BCUT2D eigenvalue weighted by Crippen LogP contribution is 2.38. The smallest absolute Gasteiger partial charge is 0.262 e. The molecule has 6 nitrogen and oxygen atoms in total. The van der Waals surface area contributed by atoms with E-state index in [2.05, 4.69) is 0 Å². The van der Waals surface area contributed by atoms with Gasteiger partial charge in [0.25, 0.3) is 5.56 Å². The van der Waals surface area contributed by atoms with Gasteiger partial charge in [-0.1, -0.05) is 66.4 Å². The minimum absolute atomic E-state index is 0.0275. The van der Waals surface area contributed by atoms with Gasteiger partial charge in [0.2, 0.25) is 5.91 Å². The predicted molar refractivity (Wildman–Crippen MR) is 138 cm³/mol. The second-order valence-electron chi connectivity index (χ2n) is 8.63. The van der Waals surface area contributed by atoms with Gasteiger partial charge >= 0.3 is 0 Å². The molecule has 1 aliphatic rings. The van der Waals surface area contributed by atoms with Crippen LogP contribution in [0.4, 0.5) is 0 Å². The van der Waals surface area contributed by atoms with Crippen molar-refractivity contribution in [3.63, 3.8) is 0 Å². The third kappa shape index (κ3) is 4.10. The molecule has 0 aliphatic carbocycles. The molecule has 2 atom stereocenters. The van der Waals surface area contributed by atoms with E-state index in [1.165, 1.54) is 11.8 Å². The number of carbonyl (C=O) groups is 1. The number of benzene rings is 3. The van der Waals surface area contributed by atoms with Crippen molar-refractivity contribution >= 4 is 39.3 Å². The zero-order valence-electron chi connectivity index (χ0n) is 19.2. The molecule has 174 valence electrons. The standard InChI is InChI=1S/C27H28N4O2S/c1-2-30-25(32)22-15-19-11-6-7-12-20(19)16-23(22)29-27(30)34-24(18-9-4-3-5-10-18)26(33)31-14-8-13-21(31)17-28/h3-7,9-12,15-16,21,24H,2,8,13-14,17,28H2,1H3/t21-,24+/m1/s1. The van der Waals surface area contributed by atoms with Crippen LogP contribution in [0.5, 0.6) is 0 Å². The zero-order chi connectivity index (χ0) is 23.7. The van der Waals surface area contributed by atoms with Crippen molar-refractivity contribution < 1.29 is 4.79 Å². The summed E-state index contributed by atoms with van der Waals surface area (Å²) in [6.45, 7) is 3.58. The second-order valence-corrected chi connectivity index (χ2v) is 9.70. The lowest BCUT2D eigenvalue weighted by Crippen LogP contribution is -2.42. The maximum absolute atomic E-state index is 13.8. The highest BCUT2D eigenvalue weighted by molar-refractivity contribution is 8.00. The fraction of sp³-hybridized carbons (Fsp3) is 0.296. The number of hydrogen-bond acceptors (Lipinski definition) is 5. The Balaban J connectivity index is 1.62. The van der Waals surface area contributed by atoms with Crippen molar-refractivity contribution in [3.8, 4) is 0 Å². The molecule has 0 unspecified atom stereocenters. The number of hydrogen-bond donors (Lipinski definition) is 1. The lowest BCUT2D eigenvalue weighted by atomic mass is 10.1. The summed E-state index contributed by atoms with van der Waals surface area (Å²) in [5.41, 5.74) is 7.43. The van der Waals surface area contributed by atoms with Gasteiger partial charge in [-0.25, -0.2) is 4.98 Å². The Morgan fingerprint density at radius 1 is 1.12 bits per heavy atom. The first-order chi connectivity index (χ1) is 16.6. The van der Waals surface area contributed by atoms with E-state index in [0.717, 1.165) is 29.2 Å². The number of fused-ring (bicyclic) bond motifs is 2. The number of carbonyl (C=O) groups excluding carboxylic acids is 1. The largest absolute Gasteiger partial charge is 0.337 e. The van der Waals surface area contributed by atoms with Crippen LogP contribution < -0.4 is 11.3 Å². The number of likely N-dealkylation sites (tertiary alicyclic amines) is 1. The summed E-state index contributed by atoms with van der Waals surface area (Å²) in [5, 5.41) is 2.69. The van der Waals surface area contributed by atoms with Crippen LogP contribution >= 0.6 is 11.8 Å². The van der Waals surface area contributed by atoms with Crippen molar-refractivity contribution in [2.75, 3.05) is 13.1 Å². The molecule has 1 saturated heterocycles. The summed E-state index contributed by atoms with van der Waals surface area (Å²) in [4.78, 5) is 34.1. The van der Waals surface area contributed by atoms with Gasteiger partial charge in [0.05, 0.1) is 10.9 Å². The minimum atomic E-state index is -0.504. The van der Waals surface area contributed by atoms with Gasteiger partial charge in [-0.05, 0) is 48.2 Å². The van der Waals surface area contributed by atoms with E-state index in [1.54, 1.807) is 4.57 Å². The molecule has 1 fully saturated rings. The van der Waals surface area contributed by atoms with E-state index >= 15 is 0 Å². The number of thioether (sulfide) groups is 1. The Labute approximate surface area is 202 Å². The fourth-order valence-corrected chi connectivity index (χ4v) is 6.00. The SMILES string of the molecule is CCn1c(S[C@H](C(=O)N2CCC[C@@H]2CN)c2ccccc2)nc2cc3ccccc3cc2c1=O. The first-order valence-corrected chi connectivity index (χ1v) is 12.6. The minimum Gasteiger partial charge on any atom is -0.337 e. The molecule has 3 aromatic carbocycles. The van der Waals surface area contributed by atoms with E-state index in [0.29, 0.717) is 35.7 Å². The van der Waals surface area contributed by atoms with Crippen molar-refractivity contribution in [1.29, 1.82) is 0 Å². The number of nitrogens with two attached hydrogens (primary N) is 1. The lowest BCUT2D eigenvalue weighted by Gasteiger charge is -2.28. The molecule has 0 bridgehead atoms. The monoisotopic (exact) mass is 472 g/mol. The second kappa shape index (κ2) is 9.60. The van der Waals surface area contributed by atoms with Crippen molar-refractivity contribution in [2.24, 2.45) is 5.73 Å². The van der Waals surface area contributed by atoms with Crippen LogP contribution in [0.15, 0.2) is 76.7 Å². The molecular weight excluding hydrogens is 444 g/mol. The summed E-state index contributed by atoms with van der Waals surface area (Å²) in [6, 6.07) is 21.6. The Morgan fingerprint density at radius 3 is 2.53 bits per heavy atom. The van der Waals surface area contributed by atoms with E-state index in [9.17, 15) is 9.59 Å². The van der Waals surface area contributed by atoms with E-state index in [4.69, 9.17) is 10.7 Å².